The molecule has 0 saturated heterocycles. The second-order valence-electron chi connectivity index (χ2n) is 5.49. The Balaban J connectivity index is 0.000000542. The summed E-state index contributed by atoms with van der Waals surface area (Å²) in [4.78, 5) is 4.60. The maximum atomic E-state index is 9.75. The average molecular weight is 363 g/mol. The maximum Gasteiger partial charge on any atom is 1.00 e. The molecule has 0 aliphatic rings. The molecule has 0 N–H and O–H groups in total. The van der Waals surface area contributed by atoms with Crippen molar-refractivity contribution in [1.82, 2.24) is 0 Å². The molecule has 0 spiro atoms. The molecule has 1 heterocycles. The summed E-state index contributed by atoms with van der Waals surface area (Å²) in [5.74, 6) is 0.828. The first-order valence-electron chi connectivity index (χ1n) is 7.86. The van der Waals surface area contributed by atoms with Crippen molar-refractivity contribution in [2.24, 2.45) is 4.99 Å². The molecule has 0 aliphatic carbocycles. The number of benzene rings is 2. The summed E-state index contributed by atoms with van der Waals surface area (Å²) in [6, 6.07) is 18.2. The van der Waals surface area contributed by atoms with Crippen LogP contribution >= 0.6 is 0 Å². The van der Waals surface area contributed by atoms with Crippen LogP contribution in [0.1, 0.15) is 6.99 Å². The van der Waals surface area contributed by atoms with E-state index in [4.69, 9.17) is 4.42 Å². The van der Waals surface area contributed by atoms with Gasteiger partial charge in [0.2, 0.25) is 0 Å². The van der Waals surface area contributed by atoms with E-state index in [9.17, 15) is 17.3 Å². The lowest BCUT2D eigenvalue weighted by Crippen LogP contribution is -2.04. The molecule has 0 saturated carbocycles. The third-order valence-electron chi connectivity index (χ3n) is 3.35. The Bertz CT molecular complexity index is 949. The Hall–Kier alpha value is -2.83. The summed E-state index contributed by atoms with van der Waals surface area (Å²) in [5, 5.41) is 1.98. The number of rotatable bonds is 3. The van der Waals surface area contributed by atoms with Crippen LogP contribution in [0.5, 0.6) is 0 Å². The van der Waals surface area contributed by atoms with Gasteiger partial charge in [-0.05, 0) is 19.1 Å². The van der Waals surface area contributed by atoms with Crippen molar-refractivity contribution in [1.29, 1.82) is 0 Å². The minimum atomic E-state index is -6.00. The van der Waals surface area contributed by atoms with Crippen molar-refractivity contribution >= 4 is 18.2 Å². The minimum Gasteiger partial charge on any atom is -0.456 e. The predicted molar refractivity (Wildman–Crippen MR) is 98.3 cm³/mol. The van der Waals surface area contributed by atoms with Gasteiger partial charge in [-0.2, -0.15) is 0 Å². The Morgan fingerprint density at radius 1 is 1.08 bits per heavy atom. The molecule has 0 radical (unpaired) electrons. The zero-order valence-corrected chi connectivity index (χ0v) is 14.1. The minimum absolute atomic E-state index is 0. The lowest BCUT2D eigenvalue weighted by atomic mass is 10.1. The molecular weight excluding hydrogens is 345 g/mol. The van der Waals surface area contributed by atoms with Gasteiger partial charge < -0.3 is 21.7 Å². The largest absolute Gasteiger partial charge is 1.00 e. The molecule has 0 unspecified atom stereocenters. The summed E-state index contributed by atoms with van der Waals surface area (Å²) in [7, 11) is -6.00. The van der Waals surface area contributed by atoms with Gasteiger partial charge in [-0.25, -0.2) is 0 Å². The summed E-state index contributed by atoms with van der Waals surface area (Å²) < 4.78 is 45.0. The summed E-state index contributed by atoms with van der Waals surface area (Å²) in [6.07, 6.45) is 1.80. The van der Waals surface area contributed by atoms with Gasteiger partial charge in [0.25, 0.3) is 0 Å². The number of fused-ring (bicyclic) bond motifs is 1. The second-order valence-corrected chi connectivity index (χ2v) is 5.49. The third-order valence-corrected chi connectivity index (χ3v) is 3.35. The van der Waals surface area contributed by atoms with Gasteiger partial charge >= 0.3 is 8.68 Å². The Kier molecular flexibility index (Phi) is 6.38. The fraction of sp³-hybridized carbons (Fsp3) is 0.105. The molecule has 26 heavy (non-hydrogen) atoms. The van der Waals surface area contributed by atoms with Crippen LogP contribution in [0.3, 0.4) is 0 Å². The SMILES string of the molecule is C=CCN=c1cc(-c2ccccc2)oc2ccc(C)cc12.F[B-](F)(F)F.[H+]. The fourth-order valence-electron chi connectivity index (χ4n) is 2.32. The number of hydrogen-bond acceptors (Lipinski definition) is 2. The standard InChI is InChI=1S/C19H17NO.BF4/c1-3-11-20-17-13-19(15-7-5-4-6-8-15)21-18-10-9-14(2)12-16(17)18;2-1(3,4)5/h3-10,12-13H,1,11H2,2H3;/q;-1/p+1. The molecule has 2 nitrogen and oxygen atoms in total. The molecule has 0 fully saturated rings. The number of hydrogen-bond donors (Lipinski definition) is 0. The van der Waals surface area contributed by atoms with Crippen molar-refractivity contribution in [2.75, 3.05) is 6.54 Å². The lowest BCUT2D eigenvalue weighted by molar-refractivity contribution is 0.368. The van der Waals surface area contributed by atoms with Crippen molar-refractivity contribution in [3.05, 3.63) is 78.2 Å². The molecule has 0 bridgehead atoms. The monoisotopic (exact) mass is 363 g/mol. The Labute approximate surface area is 150 Å². The first kappa shape index (κ1) is 19.5. The predicted octanol–water partition coefficient (Wildman–Crippen LogP) is 5.91. The molecule has 2 aromatic carbocycles. The van der Waals surface area contributed by atoms with E-state index < -0.39 is 7.25 Å². The maximum absolute atomic E-state index is 9.75. The lowest BCUT2D eigenvalue weighted by Gasteiger charge is -2.05. The van der Waals surface area contributed by atoms with Gasteiger partial charge in [-0.3, -0.25) is 4.99 Å². The Morgan fingerprint density at radius 2 is 1.73 bits per heavy atom. The van der Waals surface area contributed by atoms with Crippen LogP contribution in [0.4, 0.5) is 17.3 Å². The molecular formula is C19H18BF4NO. The first-order chi connectivity index (χ1) is 12.3. The van der Waals surface area contributed by atoms with Gasteiger partial charge in [0.05, 0.1) is 11.9 Å². The van der Waals surface area contributed by atoms with E-state index in [0.717, 1.165) is 27.7 Å². The first-order valence-corrected chi connectivity index (χ1v) is 7.86. The van der Waals surface area contributed by atoms with E-state index >= 15 is 0 Å². The highest BCUT2D eigenvalue weighted by molar-refractivity contribution is 6.50. The molecule has 0 aliphatic heterocycles. The van der Waals surface area contributed by atoms with E-state index in [1.54, 1.807) is 6.08 Å². The van der Waals surface area contributed by atoms with E-state index in [2.05, 4.69) is 30.6 Å². The molecule has 3 rings (SSSR count). The molecule has 0 amide bonds. The molecule has 136 valence electrons. The third kappa shape index (κ3) is 5.91. The van der Waals surface area contributed by atoms with E-state index in [1.165, 1.54) is 5.56 Å². The summed E-state index contributed by atoms with van der Waals surface area (Å²) in [6.45, 7) is 6.41. The van der Waals surface area contributed by atoms with Crippen LogP contribution in [0.15, 0.2) is 76.7 Å². The number of halogens is 4. The van der Waals surface area contributed by atoms with Crippen molar-refractivity contribution in [3.8, 4) is 11.3 Å². The van der Waals surface area contributed by atoms with E-state index in [0.29, 0.717) is 6.54 Å². The van der Waals surface area contributed by atoms with Crippen LogP contribution < -0.4 is 5.36 Å². The van der Waals surface area contributed by atoms with Crippen LogP contribution in [-0.4, -0.2) is 13.8 Å². The zero-order chi connectivity index (χ0) is 19.2. The number of aryl methyl sites for hydroxylation is 1. The highest BCUT2D eigenvalue weighted by Gasteiger charge is 2.20. The topological polar surface area (TPSA) is 25.5 Å². The molecule has 0 atom stereocenters. The smallest absolute Gasteiger partial charge is 0.456 e. The fourth-order valence-corrected chi connectivity index (χ4v) is 2.32. The summed E-state index contributed by atoms with van der Waals surface area (Å²) >= 11 is 0. The number of nitrogens with zero attached hydrogens (tertiary/aromatic N) is 1. The van der Waals surface area contributed by atoms with Gasteiger partial charge in [0.15, 0.2) is 0 Å². The van der Waals surface area contributed by atoms with Crippen LogP contribution in [0.25, 0.3) is 22.3 Å². The van der Waals surface area contributed by atoms with Gasteiger partial charge in [-0.15, -0.1) is 6.58 Å². The van der Waals surface area contributed by atoms with Crippen LogP contribution in [-0.2, 0) is 0 Å². The highest BCUT2D eigenvalue weighted by atomic mass is 19.5. The van der Waals surface area contributed by atoms with Gasteiger partial charge in [-0.1, -0.05) is 48.0 Å². The van der Waals surface area contributed by atoms with Gasteiger partial charge in [0.1, 0.15) is 11.3 Å². The second kappa shape index (κ2) is 8.51. The zero-order valence-electron chi connectivity index (χ0n) is 15.1. The van der Waals surface area contributed by atoms with E-state index in [1.807, 2.05) is 42.5 Å². The van der Waals surface area contributed by atoms with Crippen LogP contribution in [0, 0.1) is 6.92 Å². The van der Waals surface area contributed by atoms with Crippen molar-refractivity contribution in [2.45, 2.75) is 6.92 Å². The average Bonchev–Trinajstić information content (AvgIpc) is 2.59. The van der Waals surface area contributed by atoms with Gasteiger partial charge in [0, 0.05) is 17.0 Å². The highest BCUT2D eigenvalue weighted by Crippen LogP contribution is 2.22. The quantitative estimate of drug-likeness (QED) is 0.323. The van der Waals surface area contributed by atoms with Crippen LogP contribution in [0.2, 0.25) is 0 Å². The van der Waals surface area contributed by atoms with E-state index in [-0.39, 0.29) is 1.43 Å². The Morgan fingerprint density at radius 3 is 2.35 bits per heavy atom. The normalized spacial score (nSPS) is 11.8. The molecule has 7 heteroatoms. The van der Waals surface area contributed by atoms with Crippen molar-refractivity contribution in [3.63, 3.8) is 0 Å². The summed E-state index contributed by atoms with van der Waals surface area (Å²) in [5.41, 5.74) is 3.10. The molecule has 1 aromatic heterocycles. The van der Waals surface area contributed by atoms with Crippen molar-refractivity contribution < 1.29 is 23.1 Å². The molecule has 3 aromatic rings.